The molecule has 1 heteroatoms. The molecule has 0 aromatic heterocycles. The number of nitrogens with zero attached hydrogens (tertiary/aromatic N) is 1. The minimum Gasteiger partial charge on any atom is -0.309 e. The molecule has 0 spiro atoms. The molecule has 0 aliphatic heterocycles. The maximum absolute atomic E-state index is 2.51. The molecule has 294 valence electrons. The summed E-state index contributed by atoms with van der Waals surface area (Å²) in [7, 11) is 0. The maximum atomic E-state index is 2.51. The van der Waals surface area contributed by atoms with Gasteiger partial charge < -0.3 is 4.90 Å². The van der Waals surface area contributed by atoms with Crippen LogP contribution in [0.2, 0.25) is 0 Å². The summed E-state index contributed by atoms with van der Waals surface area (Å²) >= 11 is 0. The highest BCUT2D eigenvalue weighted by Crippen LogP contribution is 2.53. The first-order valence-electron chi connectivity index (χ1n) is 21.6. The summed E-state index contributed by atoms with van der Waals surface area (Å²) < 4.78 is 0. The van der Waals surface area contributed by atoms with Gasteiger partial charge in [-0.3, -0.25) is 0 Å². The molecular weight excluding hydrogens is 747 g/mol. The van der Waals surface area contributed by atoms with E-state index in [0.29, 0.717) is 0 Å². The SMILES string of the molecule is CC1(C)c2ccccc2-c2cc(-c3ccccc3N(c3cccc(-c4ccc5ccccc5c4)c3)c3cccc(-c4ccccc4)c3-c3ccccc3-c3ccccc3)ccc21. The normalized spacial score (nSPS) is 12.5. The van der Waals surface area contributed by atoms with E-state index >= 15 is 0 Å². The minimum atomic E-state index is -0.0713. The maximum Gasteiger partial charge on any atom is 0.0546 e. The Morgan fingerprint density at radius 1 is 0.290 bits per heavy atom. The molecule has 0 bridgehead atoms. The molecule has 11 rings (SSSR count). The molecule has 0 unspecified atom stereocenters. The Labute approximate surface area is 364 Å². The fourth-order valence-corrected chi connectivity index (χ4v) is 9.84. The average Bonchev–Trinajstić information content (AvgIpc) is 3.57. The molecule has 1 aliphatic rings. The van der Waals surface area contributed by atoms with Crippen molar-refractivity contribution in [3.05, 3.63) is 248 Å². The van der Waals surface area contributed by atoms with Crippen molar-refractivity contribution in [1.29, 1.82) is 0 Å². The van der Waals surface area contributed by atoms with E-state index in [9.17, 15) is 0 Å². The van der Waals surface area contributed by atoms with Crippen LogP contribution in [0.3, 0.4) is 0 Å². The van der Waals surface area contributed by atoms with Gasteiger partial charge in [0, 0.05) is 22.2 Å². The van der Waals surface area contributed by atoms with E-state index in [1.54, 1.807) is 0 Å². The van der Waals surface area contributed by atoms with Gasteiger partial charge in [0.05, 0.1) is 11.4 Å². The Kier molecular flexibility index (Phi) is 9.24. The third-order valence-corrected chi connectivity index (χ3v) is 12.9. The monoisotopic (exact) mass is 791 g/mol. The second kappa shape index (κ2) is 15.4. The van der Waals surface area contributed by atoms with Crippen LogP contribution in [0.5, 0.6) is 0 Å². The predicted molar refractivity (Wildman–Crippen MR) is 263 cm³/mol. The molecular formula is C61H45N. The number of benzene rings is 10. The van der Waals surface area contributed by atoms with Gasteiger partial charge in [-0.1, -0.05) is 214 Å². The van der Waals surface area contributed by atoms with Crippen molar-refractivity contribution in [2.45, 2.75) is 19.3 Å². The number of hydrogen-bond acceptors (Lipinski definition) is 1. The van der Waals surface area contributed by atoms with Gasteiger partial charge in [0.15, 0.2) is 0 Å². The molecule has 0 amide bonds. The number of fused-ring (bicyclic) bond motifs is 4. The number of rotatable bonds is 8. The molecule has 62 heavy (non-hydrogen) atoms. The Morgan fingerprint density at radius 2 is 0.823 bits per heavy atom. The first kappa shape index (κ1) is 37.3. The first-order chi connectivity index (χ1) is 30.5. The number of para-hydroxylation sites is 1. The fraction of sp³-hybridized carbons (Fsp3) is 0.0492. The van der Waals surface area contributed by atoms with Gasteiger partial charge in [0.1, 0.15) is 0 Å². The third-order valence-electron chi connectivity index (χ3n) is 12.9. The zero-order chi connectivity index (χ0) is 41.6. The van der Waals surface area contributed by atoms with Crippen molar-refractivity contribution in [2.75, 3.05) is 4.90 Å². The van der Waals surface area contributed by atoms with E-state index in [1.165, 1.54) is 83.1 Å². The van der Waals surface area contributed by atoms with Crippen LogP contribution in [0.25, 0.3) is 77.5 Å². The van der Waals surface area contributed by atoms with E-state index in [0.717, 1.165) is 22.6 Å². The highest BCUT2D eigenvalue weighted by molar-refractivity contribution is 6.03. The van der Waals surface area contributed by atoms with E-state index in [2.05, 4.69) is 255 Å². The lowest BCUT2D eigenvalue weighted by Crippen LogP contribution is -2.15. The van der Waals surface area contributed by atoms with E-state index in [1.807, 2.05) is 0 Å². The minimum absolute atomic E-state index is 0.0713. The number of anilines is 3. The summed E-state index contributed by atoms with van der Waals surface area (Å²) in [5.74, 6) is 0. The van der Waals surface area contributed by atoms with E-state index in [4.69, 9.17) is 0 Å². The zero-order valence-electron chi connectivity index (χ0n) is 35.0. The van der Waals surface area contributed by atoms with Crippen molar-refractivity contribution in [3.63, 3.8) is 0 Å². The van der Waals surface area contributed by atoms with Crippen LogP contribution < -0.4 is 4.90 Å². The summed E-state index contributed by atoms with van der Waals surface area (Å²) in [6, 6.07) is 86.8. The van der Waals surface area contributed by atoms with E-state index < -0.39 is 0 Å². The topological polar surface area (TPSA) is 3.24 Å². The Hall–Kier alpha value is -7.74. The third kappa shape index (κ3) is 6.42. The zero-order valence-corrected chi connectivity index (χ0v) is 35.0. The van der Waals surface area contributed by atoms with Crippen LogP contribution in [-0.2, 0) is 5.41 Å². The van der Waals surface area contributed by atoms with Gasteiger partial charge in [-0.15, -0.1) is 0 Å². The lowest BCUT2D eigenvalue weighted by molar-refractivity contribution is 0.660. The summed E-state index contributed by atoms with van der Waals surface area (Å²) in [4.78, 5) is 2.51. The van der Waals surface area contributed by atoms with Gasteiger partial charge >= 0.3 is 0 Å². The standard InChI is InChI=1S/C61H45N/c1-61(2)56-32-15-13-29-53(56)55-41-48(37-38-57(55)61)51-28-14-16-33-58(51)62(49-26-17-25-46(40-49)47-36-35-42-19-9-10-24-45(42)39-47)59-34-18-31-52(44-22-7-4-8-23-44)60(59)54-30-12-11-27-50(54)43-20-5-3-6-21-43/h3-41H,1-2H3. The largest absolute Gasteiger partial charge is 0.309 e. The van der Waals surface area contributed by atoms with Gasteiger partial charge in [-0.25, -0.2) is 0 Å². The first-order valence-corrected chi connectivity index (χ1v) is 21.6. The molecule has 1 nitrogen and oxygen atoms in total. The van der Waals surface area contributed by atoms with Crippen LogP contribution in [0.4, 0.5) is 17.1 Å². The van der Waals surface area contributed by atoms with Gasteiger partial charge in [0.2, 0.25) is 0 Å². The van der Waals surface area contributed by atoms with Crippen LogP contribution in [-0.4, -0.2) is 0 Å². The van der Waals surface area contributed by atoms with Crippen molar-refractivity contribution < 1.29 is 0 Å². The van der Waals surface area contributed by atoms with Crippen molar-refractivity contribution in [3.8, 4) is 66.8 Å². The van der Waals surface area contributed by atoms with Crippen LogP contribution in [0.1, 0.15) is 25.0 Å². The summed E-state index contributed by atoms with van der Waals surface area (Å²) in [6.45, 7) is 4.70. The van der Waals surface area contributed by atoms with Crippen molar-refractivity contribution in [2.24, 2.45) is 0 Å². The van der Waals surface area contributed by atoms with Crippen LogP contribution in [0, 0.1) is 0 Å². The van der Waals surface area contributed by atoms with Crippen LogP contribution >= 0.6 is 0 Å². The molecule has 0 saturated heterocycles. The summed E-state index contributed by atoms with van der Waals surface area (Å²) in [5, 5.41) is 2.47. The molecule has 10 aromatic rings. The predicted octanol–water partition coefficient (Wildman–Crippen LogP) is 17.0. The van der Waals surface area contributed by atoms with Gasteiger partial charge in [-0.2, -0.15) is 0 Å². The van der Waals surface area contributed by atoms with Gasteiger partial charge in [0.25, 0.3) is 0 Å². The molecule has 0 atom stereocenters. The lowest BCUT2D eigenvalue weighted by atomic mass is 9.82. The highest BCUT2D eigenvalue weighted by Gasteiger charge is 2.35. The Bertz CT molecular complexity index is 3270. The smallest absolute Gasteiger partial charge is 0.0546 e. The lowest BCUT2D eigenvalue weighted by Gasteiger charge is -2.32. The summed E-state index contributed by atoms with van der Waals surface area (Å²) in [5.41, 5.74) is 20.4. The van der Waals surface area contributed by atoms with Crippen molar-refractivity contribution >= 4 is 27.8 Å². The molecule has 0 radical (unpaired) electrons. The van der Waals surface area contributed by atoms with Gasteiger partial charge in [-0.05, 0) is 114 Å². The quantitative estimate of drug-likeness (QED) is 0.148. The molecule has 10 aromatic carbocycles. The number of hydrogen-bond donors (Lipinski definition) is 0. The second-order valence-electron chi connectivity index (χ2n) is 16.9. The molecule has 0 N–H and O–H groups in total. The van der Waals surface area contributed by atoms with Crippen LogP contribution in [0.15, 0.2) is 237 Å². The fourth-order valence-electron chi connectivity index (χ4n) is 9.84. The van der Waals surface area contributed by atoms with E-state index in [-0.39, 0.29) is 5.41 Å². The molecule has 0 heterocycles. The molecule has 1 aliphatic carbocycles. The van der Waals surface area contributed by atoms with Crippen molar-refractivity contribution in [1.82, 2.24) is 0 Å². The molecule has 0 saturated carbocycles. The second-order valence-corrected chi connectivity index (χ2v) is 16.9. The Balaban J connectivity index is 1.19. The summed E-state index contributed by atoms with van der Waals surface area (Å²) in [6.07, 6.45) is 0. The molecule has 0 fully saturated rings. The highest BCUT2D eigenvalue weighted by atomic mass is 15.1. The Morgan fingerprint density at radius 3 is 1.61 bits per heavy atom. The average molecular weight is 792 g/mol.